The fourth-order valence-corrected chi connectivity index (χ4v) is 7.61. The van der Waals surface area contributed by atoms with Crippen LogP contribution in [-0.4, -0.2) is 66.0 Å². The van der Waals surface area contributed by atoms with Gasteiger partial charge in [-0.25, -0.2) is 4.79 Å². The highest BCUT2D eigenvalue weighted by molar-refractivity contribution is 8.00. The number of methoxy groups -OCH3 is 3. The lowest BCUT2D eigenvalue weighted by atomic mass is 9.80. The van der Waals surface area contributed by atoms with E-state index < -0.39 is 34.1 Å². The van der Waals surface area contributed by atoms with Gasteiger partial charge in [0.15, 0.2) is 0 Å². The summed E-state index contributed by atoms with van der Waals surface area (Å²) in [5.74, 6) is 1.16. The number of rotatable bonds is 12. The lowest BCUT2D eigenvalue weighted by Gasteiger charge is -2.37. The standard InChI is InChI=1S/C38H37N3O7S/c1-45-29-18-14-27(15-19-29)38(26-12-8-5-9-13-26,28-16-20-30(46-2)21-17-28)48-24-31-33(42)34(47-3)36(49-31)41-23-22-32(40-37(41)44)39-35(43)25-10-6-4-7-11-25/h4-23,31,33-34,36,42H,24H2,1-3H3,(H,39,40,43,44)/t31-,33-,34-,36-/m1/s1. The van der Waals surface area contributed by atoms with Crippen LogP contribution in [0.15, 0.2) is 126 Å². The molecule has 2 heterocycles. The number of amides is 1. The van der Waals surface area contributed by atoms with Crippen molar-refractivity contribution in [1.29, 1.82) is 0 Å². The summed E-state index contributed by atoms with van der Waals surface area (Å²) in [6, 6.07) is 35.6. The Morgan fingerprint density at radius 3 is 1.90 bits per heavy atom. The van der Waals surface area contributed by atoms with Gasteiger partial charge in [0.1, 0.15) is 34.4 Å². The molecule has 1 fully saturated rings. The maximum Gasteiger partial charge on any atom is 0.350 e. The van der Waals surface area contributed by atoms with Crippen LogP contribution in [0.25, 0.3) is 0 Å². The van der Waals surface area contributed by atoms with Crippen LogP contribution in [0.2, 0.25) is 0 Å². The van der Waals surface area contributed by atoms with Crippen LogP contribution in [0.3, 0.4) is 0 Å². The minimum absolute atomic E-state index is 0.0997. The Bertz CT molecular complexity index is 1860. The normalized spacial score (nSPS) is 18.9. The minimum atomic E-state index is -1.09. The molecule has 0 aliphatic carbocycles. The summed E-state index contributed by atoms with van der Waals surface area (Å²) in [7, 11) is 4.74. The van der Waals surface area contributed by atoms with Gasteiger partial charge in [0.25, 0.3) is 5.91 Å². The van der Waals surface area contributed by atoms with E-state index in [4.69, 9.17) is 18.9 Å². The lowest BCUT2D eigenvalue weighted by molar-refractivity contribution is -0.0414. The van der Waals surface area contributed by atoms with E-state index in [-0.39, 0.29) is 18.3 Å². The molecule has 10 nitrogen and oxygen atoms in total. The number of carbonyl (C=O) groups excluding carboxylic acids is 1. The summed E-state index contributed by atoms with van der Waals surface area (Å²) in [5.41, 5.74) is 1.37. The molecule has 1 aliphatic rings. The Hall–Kier alpha value is -4.94. The van der Waals surface area contributed by atoms with Gasteiger partial charge in [0.05, 0.1) is 32.2 Å². The zero-order chi connectivity index (χ0) is 34.4. The molecule has 0 radical (unpaired) electrons. The Morgan fingerprint density at radius 2 is 1.37 bits per heavy atom. The molecule has 0 unspecified atom stereocenters. The second-order valence-electron chi connectivity index (χ2n) is 11.4. The SMILES string of the molecule is COc1ccc(C(OC[C@H]2S[C@@H](n3ccc(NC(=O)c4ccccc4)nc3=O)[C@H](OC)[C@@H]2O)(c2ccccc2)c2ccc(OC)cc2)cc1. The summed E-state index contributed by atoms with van der Waals surface area (Å²) >= 11 is 1.37. The van der Waals surface area contributed by atoms with Gasteiger partial charge in [-0.3, -0.25) is 9.36 Å². The first-order valence-corrected chi connectivity index (χ1v) is 16.6. The van der Waals surface area contributed by atoms with Crippen molar-refractivity contribution < 1.29 is 28.8 Å². The molecule has 1 amide bonds. The van der Waals surface area contributed by atoms with Crippen molar-refractivity contribution in [3.63, 3.8) is 0 Å². The van der Waals surface area contributed by atoms with Gasteiger partial charge >= 0.3 is 5.69 Å². The van der Waals surface area contributed by atoms with Crippen molar-refractivity contribution >= 4 is 23.5 Å². The van der Waals surface area contributed by atoms with Gasteiger partial charge in [-0.15, -0.1) is 11.8 Å². The van der Waals surface area contributed by atoms with Gasteiger partial charge < -0.3 is 29.4 Å². The maximum atomic E-state index is 13.3. The zero-order valence-corrected chi connectivity index (χ0v) is 28.1. The molecule has 11 heteroatoms. The van der Waals surface area contributed by atoms with Crippen molar-refractivity contribution in [3.8, 4) is 11.5 Å². The van der Waals surface area contributed by atoms with E-state index in [9.17, 15) is 14.7 Å². The van der Waals surface area contributed by atoms with E-state index in [2.05, 4.69) is 10.3 Å². The number of aliphatic hydroxyl groups excluding tert-OH is 1. The first kappa shape index (κ1) is 33.9. The van der Waals surface area contributed by atoms with Crippen LogP contribution in [-0.2, 0) is 15.1 Å². The third-order valence-corrected chi connectivity index (χ3v) is 10.1. The number of carbonyl (C=O) groups is 1. The fraction of sp³-hybridized carbons (Fsp3) is 0.237. The quantitative estimate of drug-likeness (QED) is 0.165. The highest BCUT2D eigenvalue weighted by Crippen LogP contribution is 2.46. The molecule has 2 N–H and O–H groups in total. The zero-order valence-electron chi connectivity index (χ0n) is 27.3. The third-order valence-electron chi connectivity index (χ3n) is 8.60. The Balaban J connectivity index is 1.31. The minimum Gasteiger partial charge on any atom is -0.497 e. The molecule has 252 valence electrons. The van der Waals surface area contributed by atoms with E-state index >= 15 is 0 Å². The number of anilines is 1. The molecule has 49 heavy (non-hydrogen) atoms. The maximum absolute atomic E-state index is 13.3. The molecule has 0 spiro atoms. The van der Waals surface area contributed by atoms with Crippen molar-refractivity contribution in [3.05, 3.63) is 154 Å². The molecule has 6 rings (SSSR count). The Kier molecular flexibility index (Phi) is 10.4. The van der Waals surface area contributed by atoms with Crippen LogP contribution in [0.1, 0.15) is 32.4 Å². The number of thioether (sulfide) groups is 1. The van der Waals surface area contributed by atoms with Crippen molar-refractivity contribution in [1.82, 2.24) is 9.55 Å². The molecular weight excluding hydrogens is 642 g/mol. The van der Waals surface area contributed by atoms with E-state index in [1.807, 2.05) is 84.9 Å². The summed E-state index contributed by atoms with van der Waals surface area (Å²) in [6.07, 6.45) is -0.168. The largest absolute Gasteiger partial charge is 0.497 e. The molecular formula is C38H37N3O7S. The summed E-state index contributed by atoms with van der Waals surface area (Å²) < 4.78 is 25.1. The van der Waals surface area contributed by atoms with Crippen molar-refractivity contribution in [2.24, 2.45) is 0 Å². The van der Waals surface area contributed by atoms with E-state index in [1.165, 1.54) is 23.4 Å². The first-order chi connectivity index (χ1) is 23.9. The van der Waals surface area contributed by atoms with Crippen LogP contribution in [0.4, 0.5) is 5.82 Å². The van der Waals surface area contributed by atoms with Crippen molar-refractivity contribution in [2.45, 2.75) is 28.4 Å². The fourth-order valence-electron chi connectivity index (χ4n) is 6.07. The predicted molar refractivity (Wildman–Crippen MR) is 188 cm³/mol. The summed E-state index contributed by atoms with van der Waals surface area (Å²) in [6.45, 7) is 0.0997. The van der Waals surface area contributed by atoms with E-state index in [0.717, 1.165) is 16.7 Å². The second-order valence-corrected chi connectivity index (χ2v) is 12.8. The second kappa shape index (κ2) is 15.1. The summed E-state index contributed by atoms with van der Waals surface area (Å²) in [5, 5.41) is 13.1. The number of hydrogen-bond donors (Lipinski definition) is 2. The molecule has 0 saturated carbocycles. The number of nitrogens with one attached hydrogen (secondary N) is 1. The Morgan fingerprint density at radius 1 is 0.816 bits per heavy atom. The molecule has 4 aromatic carbocycles. The molecule has 1 aliphatic heterocycles. The monoisotopic (exact) mass is 679 g/mol. The number of benzene rings is 4. The molecule has 1 aromatic heterocycles. The highest BCUT2D eigenvalue weighted by Gasteiger charge is 2.47. The Labute approximate surface area is 288 Å². The topological polar surface area (TPSA) is 121 Å². The highest BCUT2D eigenvalue weighted by atomic mass is 32.2. The predicted octanol–water partition coefficient (Wildman–Crippen LogP) is 5.51. The van der Waals surface area contributed by atoms with Gasteiger partial charge in [-0.2, -0.15) is 4.98 Å². The van der Waals surface area contributed by atoms with Gasteiger partial charge in [-0.1, -0.05) is 72.8 Å². The smallest absolute Gasteiger partial charge is 0.350 e. The molecule has 0 bridgehead atoms. The number of ether oxygens (including phenoxy) is 4. The average molecular weight is 680 g/mol. The van der Waals surface area contributed by atoms with Gasteiger partial charge in [0, 0.05) is 18.9 Å². The molecule has 5 aromatic rings. The number of nitrogens with zero attached hydrogens (tertiary/aromatic N) is 2. The van der Waals surface area contributed by atoms with Crippen molar-refractivity contribution in [2.75, 3.05) is 33.3 Å². The lowest BCUT2D eigenvalue weighted by Crippen LogP contribution is -2.40. The van der Waals surface area contributed by atoms with Gasteiger partial charge in [-0.05, 0) is 59.2 Å². The molecule has 4 atom stereocenters. The first-order valence-electron chi connectivity index (χ1n) is 15.7. The number of hydrogen-bond acceptors (Lipinski definition) is 9. The average Bonchev–Trinajstić information content (AvgIpc) is 3.47. The number of aliphatic hydroxyl groups is 1. The van der Waals surface area contributed by atoms with E-state index in [0.29, 0.717) is 17.1 Å². The van der Waals surface area contributed by atoms with Crippen LogP contribution >= 0.6 is 11.8 Å². The van der Waals surface area contributed by atoms with Gasteiger partial charge in [0.2, 0.25) is 0 Å². The third kappa shape index (κ3) is 6.97. The van der Waals surface area contributed by atoms with E-state index in [1.54, 1.807) is 50.7 Å². The van der Waals surface area contributed by atoms with Crippen LogP contribution in [0, 0.1) is 0 Å². The van der Waals surface area contributed by atoms with Crippen LogP contribution in [0.5, 0.6) is 11.5 Å². The molecule has 1 saturated heterocycles. The van der Waals surface area contributed by atoms with Crippen LogP contribution < -0.4 is 20.5 Å². The summed E-state index contributed by atoms with van der Waals surface area (Å²) in [4.78, 5) is 30.0. The number of aromatic nitrogens is 2.